The van der Waals surface area contributed by atoms with Crippen LogP contribution < -0.4 is 10.6 Å². The van der Waals surface area contributed by atoms with Crippen LogP contribution >= 0.6 is 0 Å². The minimum absolute atomic E-state index is 0.0510. The van der Waals surface area contributed by atoms with E-state index in [2.05, 4.69) is 10.6 Å². The van der Waals surface area contributed by atoms with Gasteiger partial charge in [0.1, 0.15) is 12.5 Å². The number of nitrogens with one attached hydrogen (secondary N) is 2. The zero-order valence-electron chi connectivity index (χ0n) is 18.8. The van der Waals surface area contributed by atoms with Gasteiger partial charge in [-0.1, -0.05) is 48.5 Å². The van der Waals surface area contributed by atoms with Crippen molar-refractivity contribution in [2.45, 2.75) is 31.7 Å². The van der Waals surface area contributed by atoms with E-state index in [4.69, 9.17) is 9.84 Å². The van der Waals surface area contributed by atoms with Crippen molar-refractivity contribution >= 4 is 18.0 Å². The molecule has 2 amide bonds. The van der Waals surface area contributed by atoms with Gasteiger partial charge in [-0.15, -0.1) is 0 Å². The molecular weight excluding hydrogens is 446 g/mol. The number of ether oxygens (including phenoxy) is 1. The van der Waals surface area contributed by atoms with Crippen molar-refractivity contribution in [2.75, 3.05) is 13.2 Å². The second kappa shape index (κ2) is 9.04. The monoisotopic (exact) mass is 472 g/mol. The molecule has 3 N–H and O–H groups in total. The van der Waals surface area contributed by atoms with Crippen LogP contribution in [-0.4, -0.2) is 48.2 Å². The maximum atomic E-state index is 14.2. The van der Waals surface area contributed by atoms with Crippen LogP contribution in [0, 0.1) is 17.8 Å². The lowest BCUT2D eigenvalue weighted by atomic mass is 9.98. The van der Waals surface area contributed by atoms with E-state index in [0.717, 1.165) is 22.3 Å². The lowest BCUT2D eigenvalue weighted by Gasteiger charge is -2.17. The number of alkyl halides is 2. The SMILES string of the molecule is CC(NC(=O)[C@@H]1[C@H](CNC(=O)OCC2c3ccccc3-c3ccccc32)C1(F)F)C(C)C(=O)O. The minimum atomic E-state index is -3.28. The number of carbonyl (C=O) groups is 3. The molecule has 0 aromatic heterocycles. The Morgan fingerprint density at radius 3 is 2.15 bits per heavy atom. The summed E-state index contributed by atoms with van der Waals surface area (Å²) in [5.41, 5.74) is 4.22. The van der Waals surface area contributed by atoms with Crippen LogP contribution in [-0.2, 0) is 14.3 Å². The average Bonchev–Trinajstić information content (AvgIpc) is 3.22. The van der Waals surface area contributed by atoms with Crippen molar-refractivity contribution in [3.05, 3.63) is 59.7 Å². The summed E-state index contributed by atoms with van der Waals surface area (Å²) in [4.78, 5) is 35.5. The molecule has 9 heteroatoms. The first-order valence-corrected chi connectivity index (χ1v) is 11.1. The first-order chi connectivity index (χ1) is 16.1. The topological polar surface area (TPSA) is 105 Å². The first kappa shape index (κ1) is 23.7. The number of carboxylic acid groups (broad SMARTS) is 1. The van der Waals surface area contributed by atoms with Gasteiger partial charge < -0.3 is 20.5 Å². The van der Waals surface area contributed by atoms with Crippen molar-refractivity contribution in [1.82, 2.24) is 10.6 Å². The number of amides is 2. The van der Waals surface area contributed by atoms with Gasteiger partial charge in [0.2, 0.25) is 5.91 Å². The third-order valence-corrected chi connectivity index (χ3v) is 6.80. The fourth-order valence-corrected chi connectivity index (χ4v) is 4.50. The Morgan fingerprint density at radius 2 is 1.59 bits per heavy atom. The Hall–Kier alpha value is -3.49. The average molecular weight is 472 g/mol. The second-order valence-electron chi connectivity index (χ2n) is 8.89. The maximum Gasteiger partial charge on any atom is 0.407 e. The third kappa shape index (κ3) is 4.34. The lowest BCUT2D eigenvalue weighted by Crippen LogP contribution is -2.41. The summed E-state index contributed by atoms with van der Waals surface area (Å²) in [5, 5.41) is 13.7. The maximum absolute atomic E-state index is 14.2. The predicted molar refractivity (Wildman–Crippen MR) is 119 cm³/mol. The molecule has 0 radical (unpaired) electrons. The van der Waals surface area contributed by atoms with Gasteiger partial charge >= 0.3 is 12.1 Å². The molecule has 0 aliphatic heterocycles. The van der Waals surface area contributed by atoms with Gasteiger partial charge in [-0.25, -0.2) is 13.6 Å². The largest absolute Gasteiger partial charge is 0.481 e. The highest BCUT2D eigenvalue weighted by atomic mass is 19.3. The molecule has 2 aliphatic rings. The molecule has 2 aliphatic carbocycles. The second-order valence-corrected chi connectivity index (χ2v) is 8.89. The minimum Gasteiger partial charge on any atom is -0.481 e. The number of aliphatic carboxylic acids is 1. The summed E-state index contributed by atoms with van der Waals surface area (Å²) in [6.07, 6.45) is -0.836. The molecule has 1 fully saturated rings. The number of hydrogen-bond acceptors (Lipinski definition) is 4. The molecule has 2 aromatic rings. The molecule has 0 heterocycles. The van der Waals surface area contributed by atoms with Crippen LogP contribution in [0.3, 0.4) is 0 Å². The summed E-state index contributed by atoms with van der Waals surface area (Å²) in [5.74, 6) is -9.42. The third-order valence-electron chi connectivity index (χ3n) is 6.80. The van der Waals surface area contributed by atoms with E-state index in [-0.39, 0.29) is 12.5 Å². The van der Waals surface area contributed by atoms with Gasteiger partial charge in [0.05, 0.1) is 11.8 Å². The van der Waals surface area contributed by atoms with E-state index in [0.29, 0.717) is 0 Å². The fraction of sp³-hybridized carbons (Fsp3) is 0.400. The highest BCUT2D eigenvalue weighted by Crippen LogP contribution is 2.55. The van der Waals surface area contributed by atoms with E-state index in [1.54, 1.807) is 0 Å². The Morgan fingerprint density at radius 1 is 1.03 bits per heavy atom. The van der Waals surface area contributed by atoms with Crippen molar-refractivity contribution in [3.63, 3.8) is 0 Å². The molecule has 2 unspecified atom stereocenters. The number of carboxylic acids is 1. The summed E-state index contributed by atoms with van der Waals surface area (Å²) < 4.78 is 33.7. The van der Waals surface area contributed by atoms with Crippen LogP contribution in [0.25, 0.3) is 11.1 Å². The van der Waals surface area contributed by atoms with Gasteiger partial charge in [0.15, 0.2) is 0 Å². The lowest BCUT2D eigenvalue weighted by molar-refractivity contribution is -0.142. The number of benzene rings is 2. The highest BCUT2D eigenvalue weighted by Gasteiger charge is 2.71. The normalized spacial score (nSPS) is 21.5. The molecule has 0 saturated heterocycles. The van der Waals surface area contributed by atoms with Gasteiger partial charge in [-0.3, -0.25) is 9.59 Å². The Labute approximate surface area is 195 Å². The molecule has 4 atom stereocenters. The van der Waals surface area contributed by atoms with Gasteiger partial charge in [0.25, 0.3) is 5.92 Å². The van der Waals surface area contributed by atoms with Crippen molar-refractivity contribution in [1.29, 1.82) is 0 Å². The first-order valence-electron chi connectivity index (χ1n) is 11.1. The number of fused-ring (bicyclic) bond motifs is 3. The predicted octanol–water partition coefficient (Wildman–Crippen LogP) is 3.63. The molecule has 0 bridgehead atoms. The number of rotatable bonds is 8. The Bertz CT molecular complexity index is 1080. The van der Waals surface area contributed by atoms with Crippen LogP contribution in [0.2, 0.25) is 0 Å². The van der Waals surface area contributed by atoms with Gasteiger partial charge in [-0.05, 0) is 36.1 Å². The number of carbonyl (C=O) groups excluding carboxylic acids is 2. The summed E-state index contributed by atoms with van der Waals surface area (Å²) in [6, 6.07) is 14.9. The zero-order chi connectivity index (χ0) is 24.6. The summed E-state index contributed by atoms with van der Waals surface area (Å²) >= 11 is 0. The van der Waals surface area contributed by atoms with Gasteiger partial charge in [0, 0.05) is 18.5 Å². The van der Waals surface area contributed by atoms with Crippen molar-refractivity contribution in [3.8, 4) is 11.1 Å². The van der Waals surface area contributed by atoms with E-state index >= 15 is 0 Å². The van der Waals surface area contributed by atoms with E-state index in [1.165, 1.54) is 13.8 Å². The van der Waals surface area contributed by atoms with Crippen LogP contribution in [0.15, 0.2) is 48.5 Å². The summed E-state index contributed by atoms with van der Waals surface area (Å²) in [7, 11) is 0. The van der Waals surface area contributed by atoms with Crippen LogP contribution in [0.5, 0.6) is 0 Å². The molecule has 180 valence electrons. The van der Waals surface area contributed by atoms with E-state index in [1.807, 2.05) is 48.5 Å². The standard InChI is InChI=1S/C25H26F2N2O5/c1-13(23(31)32)14(2)29-22(30)21-20(25(21,26)27)11-28-24(33)34-12-19-17-9-5-3-7-15(17)16-8-4-6-10-18(16)19/h3-10,13-14,19-21H,11-12H2,1-2H3,(H,28,33)(H,29,30)(H,31,32)/t13?,14?,20-,21-/m0/s1. The molecular formula is C25H26F2N2O5. The Balaban J connectivity index is 1.30. The number of alkyl carbamates (subject to hydrolysis) is 1. The fourth-order valence-electron chi connectivity index (χ4n) is 4.50. The molecule has 2 aromatic carbocycles. The quantitative estimate of drug-likeness (QED) is 0.544. The smallest absolute Gasteiger partial charge is 0.407 e. The summed E-state index contributed by atoms with van der Waals surface area (Å²) in [6.45, 7) is 2.45. The van der Waals surface area contributed by atoms with E-state index in [9.17, 15) is 23.2 Å². The molecule has 7 nitrogen and oxygen atoms in total. The highest BCUT2D eigenvalue weighted by molar-refractivity contribution is 5.85. The van der Waals surface area contributed by atoms with Gasteiger partial charge in [-0.2, -0.15) is 0 Å². The Kier molecular flexibility index (Phi) is 6.29. The van der Waals surface area contributed by atoms with Crippen molar-refractivity contribution < 1.29 is 33.0 Å². The molecule has 1 saturated carbocycles. The van der Waals surface area contributed by atoms with Crippen molar-refractivity contribution in [2.24, 2.45) is 17.8 Å². The molecule has 34 heavy (non-hydrogen) atoms. The number of halogens is 2. The molecule has 0 spiro atoms. The molecule has 4 rings (SSSR count). The zero-order valence-corrected chi connectivity index (χ0v) is 18.8. The van der Waals surface area contributed by atoms with Crippen LogP contribution in [0.4, 0.5) is 13.6 Å². The van der Waals surface area contributed by atoms with E-state index < -0.39 is 54.2 Å². The number of hydrogen-bond donors (Lipinski definition) is 3. The van der Waals surface area contributed by atoms with Crippen LogP contribution in [0.1, 0.15) is 30.9 Å².